The molecule has 0 aliphatic heterocycles. The van der Waals surface area contributed by atoms with Crippen molar-refractivity contribution in [2.75, 3.05) is 0 Å². The highest BCUT2D eigenvalue weighted by Gasteiger charge is 2.08. The SMILES string of the molecule is OCc1ccc(-c2cc(F)ccc2Br)o1. The van der Waals surface area contributed by atoms with E-state index in [9.17, 15) is 4.39 Å². The summed E-state index contributed by atoms with van der Waals surface area (Å²) in [7, 11) is 0. The van der Waals surface area contributed by atoms with Crippen LogP contribution in [0, 0.1) is 5.82 Å². The highest BCUT2D eigenvalue weighted by atomic mass is 79.9. The van der Waals surface area contributed by atoms with Crippen LogP contribution in [0.5, 0.6) is 0 Å². The Bertz CT molecular complexity index is 479. The van der Waals surface area contributed by atoms with Gasteiger partial charge in [-0.25, -0.2) is 4.39 Å². The second-order valence-corrected chi connectivity index (χ2v) is 3.90. The van der Waals surface area contributed by atoms with Crippen LogP contribution >= 0.6 is 15.9 Å². The molecule has 4 heteroatoms. The molecule has 1 aromatic carbocycles. The maximum atomic E-state index is 13.0. The zero-order chi connectivity index (χ0) is 10.8. The molecule has 1 aromatic heterocycles. The smallest absolute Gasteiger partial charge is 0.135 e. The van der Waals surface area contributed by atoms with Crippen LogP contribution in [0.3, 0.4) is 0 Å². The zero-order valence-corrected chi connectivity index (χ0v) is 9.29. The number of halogens is 2. The number of hydrogen-bond acceptors (Lipinski definition) is 2. The first-order valence-corrected chi connectivity index (χ1v) is 5.15. The van der Waals surface area contributed by atoms with E-state index in [4.69, 9.17) is 9.52 Å². The molecule has 0 amide bonds. The summed E-state index contributed by atoms with van der Waals surface area (Å²) >= 11 is 3.31. The molecule has 78 valence electrons. The lowest BCUT2D eigenvalue weighted by Gasteiger charge is -2.00. The van der Waals surface area contributed by atoms with Gasteiger partial charge in [-0.1, -0.05) is 15.9 Å². The Hall–Kier alpha value is -1.13. The van der Waals surface area contributed by atoms with Gasteiger partial charge < -0.3 is 9.52 Å². The molecule has 0 atom stereocenters. The second kappa shape index (κ2) is 4.16. The van der Waals surface area contributed by atoms with Gasteiger partial charge in [-0.15, -0.1) is 0 Å². The quantitative estimate of drug-likeness (QED) is 0.908. The first-order valence-electron chi connectivity index (χ1n) is 4.35. The van der Waals surface area contributed by atoms with Crippen molar-refractivity contribution in [2.45, 2.75) is 6.61 Å². The Morgan fingerprint density at radius 3 is 2.73 bits per heavy atom. The molecule has 0 unspecified atom stereocenters. The molecule has 0 bridgehead atoms. The third-order valence-electron chi connectivity index (χ3n) is 2.01. The normalized spacial score (nSPS) is 10.6. The van der Waals surface area contributed by atoms with Gasteiger partial charge in [0.25, 0.3) is 0 Å². The molecule has 2 rings (SSSR count). The van der Waals surface area contributed by atoms with E-state index < -0.39 is 0 Å². The van der Waals surface area contributed by atoms with E-state index >= 15 is 0 Å². The van der Waals surface area contributed by atoms with Gasteiger partial charge in [0.05, 0.1) is 0 Å². The highest BCUT2D eigenvalue weighted by molar-refractivity contribution is 9.10. The molecular formula is C11H8BrFO2. The van der Waals surface area contributed by atoms with Gasteiger partial charge in [0, 0.05) is 10.0 Å². The van der Waals surface area contributed by atoms with Crippen molar-refractivity contribution in [1.29, 1.82) is 0 Å². The lowest BCUT2D eigenvalue weighted by Crippen LogP contribution is -1.80. The number of aliphatic hydroxyl groups excluding tert-OH is 1. The van der Waals surface area contributed by atoms with Crippen LogP contribution in [-0.4, -0.2) is 5.11 Å². The summed E-state index contributed by atoms with van der Waals surface area (Å²) in [4.78, 5) is 0. The van der Waals surface area contributed by atoms with Crippen LogP contribution in [-0.2, 0) is 6.61 Å². The van der Waals surface area contributed by atoms with Crippen molar-refractivity contribution < 1.29 is 13.9 Å². The predicted octanol–water partition coefficient (Wildman–Crippen LogP) is 3.34. The van der Waals surface area contributed by atoms with Gasteiger partial charge in [0.1, 0.15) is 23.9 Å². The van der Waals surface area contributed by atoms with E-state index in [1.807, 2.05) is 0 Å². The molecule has 1 N–H and O–H groups in total. The highest BCUT2D eigenvalue weighted by Crippen LogP contribution is 2.30. The molecule has 0 fully saturated rings. The van der Waals surface area contributed by atoms with Crippen LogP contribution in [0.25, 0.3) is 11.3 Å². The molecular weight excluding hydrogens is 263 g/mol. The summed E-state index contributed by atoms with van der Waals surface area (Å²) in [6, 6.07) is 7.72. The monoisotopic (exact) mass is 270 g/mol. The fourth-order valence-corrected chi connectivity index (χ4v) is 1.74. The summed E-state index contributed by atoms with van der Waals surface area (Å²) < 4.78 is 19.1. The lowest BCUT2D eigenvalue weighted by molar-refractivity contribution is 0.248. The molecule has 0 saturated carbocycles. The van der Waals surface area contributed by atoms with E-state index in [2.05, 4.69) is 15.9 Å². The van der Waals surface area contributed by atoms with Crippen LogP contribution in [0.4, 0.5) is 4.39 Å². The molecule has 15 heavy (non-hydrogen) atoms. The van der Waals surface area contributed by atoms with Gasteiger partial charge in [-0.2, -0.15) is 0 Å². The van der Waals surface area contributed by atoms with Gasteiger partial charge in [-0.05, 0) is 30.3 Å². The largest absolute Gasteiger partial charge is 0.459 e. The topological polar surface area (TPSA) is 33.4 Å². The molecule has 0 aliphatic carbocycles. The minimum absolute atomic E-state index is 0.160. The van der Waals surface area contributed by atoms with Crippen LogP contribution in [0.1, 0.15) is 5.76 Å². The molecule has 2 nitrogen and oxygen atoms in total. The molecule has 0 saturated heterocycles. The van der Waals surface area contributed by atoms with Gasteiger partial charge in [0.15, 0.2) is 0 Å². The molecule has 1 heterocycles. The molecule has 0 radical (unpaired) electrons. The van der Waals surface area contributed by atoms with Crippen molar-refractivity contribution in [3.63, 3.8) is 0 Å². The average molecular weight is 271 g/mol. The first-order chi connectivity index (χ1) is 7.20. The Kier molecular flexibility index (Phi) is 2.88. The first kappa shape index (κ1) is 10.4. The summed E-state index contributed by atoms with van der Waals surface area (Å²) in [5, 5.41) is 8.84. The fraction of sp³-hybridized carbons (Fsp3) is 0.0909. The number of furan rings is 1. The number of benzene rings is 1. The maximum Gasteiger partial charge on any atom is 0.135 e. The number of rotatable bonds is 2. The summed E-state index contributed by atoms with van der Waals surface area (Å²) in [6.45, 7) is -0.160. The molecule has 2 aromatic rings. The van der Waals surface area contributed by atoms with Crippen LogP contribution in [0.15, 0.2) is 39.2 Å². The zero-order valence-electron chi connectivity index (χ0n) is 7.71. The predicted molar refractivity (Wildman–Crippen MR) is 57.7 cm³/mol. The summed E-state index contributed by atoms with van der Waals surface area (Å²) in [6.07, 6.45) is 0. The Morgan fingerprint density at radius 1 is 1.27 bits per heavy atom. The van der Waals surface area contributed by atoms with Gasteiger partial charge in [-0.3, -0.25) is 0 Å². The second-order valence-electron chi connectivity index (χ2n) is 3.05. The Balaban J connectivity index is 2.48. The third-order valence-corrected chi connectivity index (χ3v) is 2.70. The van der Waals surface area contributed by atoms with Crippen LogP contribution in [0.2, 0.25) is 0 Å². The number of aliphatic hydroxyl groups is 1. The molecule has 0 aliphatic rings. The van der Waals surface area contributed by atoms with Crippen molar-refractivity contribution in [3.8, 4) is 11.3 Å². The van der Waals surface area contributed by atoms with Gasteiger partial charge in [0.2, 0.25) is 0 Å². The van der Waals surface area contributed by atoms with Crippen LogP contribution < -0.4 is 0 Å². The maximum absolute atomic E-state index is 13.0. The number of hydrogen-bond donors (Lipinski definition) is 1. The lowest BCUT2D eigenvalue weighted by atomic mass is 10.2. The summed E-state index contributed by atoms with van der Waals surface area (Å²) in [5.41, 5.74) is 0.634. The Labute approximate surface area is 94.5 Å². The van der Waals surface area contributed by atoms with E-state index in [1.54, 1.807) is 18.2 Å². The average Bonchev–Trinajstić information content (AvgIpc) is 2.70. The van der Waals surface area contributed by atoms with Crippen molar-refractivity contribution >= 4 is 15.9 Å². The third kappa shape index (κ3) is 2.11. The van der Waals surface area contributed by atoms with Crippen molar-refractivity contribution in [2.24, 2.45) is 0 Å². The minimum atomic E-state index is -0.324. The summed E-state index contributed by atoms with van der Waals surface area (Å²) in [5.74, 6) is 0.668. The van der Waals surface area contributed by atoms with E-state index in [1.165, 1.54) is 12.1 Å². The van der Waals surface area contributed by atoms with Gasteiger partial charge >= 0.3 is 0 Å². The fourth-order valence-electron chi connectivity index (χ4n) is 1.29. The van der Waals surface area contributed by atoms with Crippen molar-refractivity contribution in [3.05, 3.63) is 46.4 Å². The van der Waals surface area contributed by atoms with E-state index in [0.717, 1.165) is 4.47 Å². The van der Waals surface area contributed by atoms with Crippen molar-refractivity contribution in [1.82, 2.24) is 0 Å². The Morgan fingerprint density at radius 2 is 2.07 bits per heavy atom. The standard InChI is InChI=1S/C11H8BrFO2/c12-10-3-1-7(13)5-9(10)11-4-2-8(6-14)15-11/h1-5,14H,6H2. The minimum Gasteiger partial charge on any atom is -0.459 e. The van der Waals surface area contributed by atoms with E-state index in [0.29, 0.717) is 17.1 Å². The molecule has 0 spiro atoms. The van der Waals surface area contributed by atoms with E-state index in [-0.39, 0.29) is 12.4 Å².